The van der Waals surface area contributed by atoms with Crippen molar-refractivity contribution in [2.45, 2.75) is 32.2 Å². The van der Waals surface area contributed by atoms with Crippen molar-refractivity contribution in [1.29, 1.82) is 0 Å². The Hall–Kier alpha value is -2.05. The summed E-state index contributed by atoms with van der Waals surface area (Å²) in [4.78, 5) is 25.1. The normalized spacial score (nSPS) is 19.6. The third-order valence-electron chi connectivity index (χ3n) is 3.41. The molecule has 2 heterocycles. The first-order valence-corrected chi connectivity index (χ1v) is 6.40. The van der Waals surface area contributed by atoms with Gasteiger partial charge < -0.3 is 16.0 Å². The molecular weight excluding hydrogens is 246 g/mol. The Bertz CT molecular complexity index is 496. The zero-order valence-electron chi connectivity index (χ0n) is 11.2. The van der Waals surface area contributed by atoms with Crippen LogP contribution in [0.1, 0.15) is 35.9 Å². The topological polar surface area (TPSA) is 104 Å². The van der Waals surface area contributed by atoms with Gasteiger partial charge in [0.25, 0.3) is 5.91 Å². The van der Waals surface area contributed by atoms with E-state index in [0.717, 1.165) is 5.69 Å². The lowest BCUT2D eigenvalue weighted by molar-refractivity contribution is -0.132. The fraction of sp³-hybridized carbons (Fsp3) is 0.583. The predicted molar refractivity (Wildman–Crippen MR) is 70.5 cm³/mol. The quantitative estimate of drug-likeness (QED) is 0.710. The summed E-state index contributed by atoms with van der Waals surface area (Å²) in [5.74, 6) is -0.181. The maximum Gasteiger partial charge on any atom is 0.274 e. The molecule has 1 atom stereocenters. The fourth-order valence-corrected chi connectivity index (χ4v) is 2.21. The van der Waals surface area contributed by atoms with E-state index in [-0.39, 0.29) is 23.6 Å². The number of hydrogen-bond donors (Lipinski definition) is 3. The van der Waals surface area contributed by atoms with Gasteiger partial charge in [0.1, 0.15) is 0 Å². The van der Waals surface area contributed by atoms with Gasteiger partial charge in [-0.1, -0.05) is 6.92 Å². The molecule has 7 heteroatoms. The molecule has 1 aliphatic rings. The number of nitrogens with one attached hydrogen (secondary N) is 2. The van der Waals surface area contributed by atoms with Crippen molar-refractivity contribution in [1.82, 2.24) is 20.4 Å². The highest BCUT2D eigenvalue weighted by Gasteiger charge is 2.26. The fourth-order valence-electron chi connectivity index (χ4n) is 2.21. The number of hydrogen-bond acceptors (Lipinski definition) is 4. The molecule has 1 fully saturated rings. The van der Waals surface area contributed by atoms with Gasteiger partial charge in [-0.05, 0) is 12.8 Å². The van der Waals surface area contributed by atoms with E-state index in [1.807, 2.05) is 6.92 Å². The molecule has 0 aliphatic carbocycles. The summed E-state index contributed by atoms with van der Waals surface area (Å²) < 4.78 is 0. The van der Waals surface area contributed by atoms with Gasteiger partial charge in [0, 0.05) is 26.1 Å². The zero-order chi connectivity index (χ0) is 14.0. The van der Waals surface area contributed by atoms with E-state index >= 15 is 0 Å². The van der Waals surface area contributed by atoms with Crippen molar-refractivity contribution >= 4 is 17.5 Å². The van der Waals surface area contributed by atoms with Gasteiger partial charge in [0.2, 0.25) is 5.91 Å². The van der Waals surface area contributed by atoms with Gasteiger partial charge in [0.15, 0.2) is 5.69 Å². The smallest absolute Gasteiger partial charge is 0.274 e. The maximum atomic E-state index is 12.1. The van der Waals surface area contributed by atoms with Crippen LogP contribution in [-0.2, 0) is 11.2 Å². The Morgan fingerprint density at radius 3 is 2.95 bits per heavy atom. The molecule has 104 valence electrons. The number of nitrogen functional groups attached to an aromatic ring is 1. The van der Waals surface area contributed by atoms with Crippen molar-refractivity contribution in [3.63, 3.8) is 0 Å². The molecule has 0 aromatic carbocycles. The summed E-state index contributed by atoms with van der Waals surface area (Å²) in [6, 6.07) is -0.0450. The van der Waals surface area contributed by atoms with Gasteiger partial charge in [-0.15, -0.1) is 0 Å². The second kappa shape index (κ2) is 5.29. The number of nitrogens with zero attached hydrogens (tertiary/aromatic N) is 2. The van der Waals surface area contributed by atoms with Gasteiger partial charge in [0.05, 0.1) is 11.4 Å². The molecule has 1 unspecified atom stereocenters. The Balaban J connectivity index is 2.01. The van der Waals surface area contributed by atoms with E-state index in [1.54, 1.807) is 11.9 Å². The van der Waals surface area contributed by atoms with Crippen molar-refractivity contribution in [2.24, 2.45) is 0 Å². The van der Waals surface area contributed by atoms with Gasteiger partial charge >= 0.3 is 0 Å². The van der Waals surface area contributed by atoms with E-state index in [9.17, 15) is 9.59 Å². The number of aromatic nitrogens is 2. The number of nitrogens with two attached hydrogens (primary N) is 1. The van der Waals surface area contributed by atoms with Crippen LogP contribution >= 0.6 is 0 Å². The molecule has 4 N–H and O–H groups in total. The van der Waals surface area contributed by atoms with Crippen molar-refractivity contribution in [3.8, 4) is 0 Å². The lowest BCUT2D eigenvalue weighted by atomic mass is 10.1. The highest BCUT2D eigenvalue weighted by molar-refractivity contribution is 5.97. The summed E-state index contributed by atoms with van der Waals surface area (Å²) in [6.45, 7) is 2.46. The van der Waals surface area contributed by atoms with E-state index in [0.29, 0.717) is 31.5 Å². The van der Waals surface area contributed by atoms with Crippen LogP contribution in [0.5, 0.6) is 0 Å². The van der Waals surface area contributed by atoms with Crippen LogP contribution in [0.4, 0.5) is 5.69 Å². The highest BCUT2D eigenvalue weighted by Crippen LogP contribution is 2.15. The minimum Gasteiger partial charge on any atom is -0.395 e. The number of likely N-dealkylation sites (N-methyl/N-ethyl adjacent to an activating group) is 1. The van der Waals surface area contributed by atoms with E-state index in [1.165, 1.54) is 0 Å². The standard InChI is InChI=1S/C12H19N5O2/c1-3-8-10(13)11(16-15-8)12(19)14-7-4-5-9(18)17(2)6-7/h7H,3-6,13H2,1-2H3,(H,14,19)(H,15,16). The Morgan fingerprint density at radius 1 is 1.63 bits per heavy atom. The average molecular weight is 265 g/mol. The van der Waals surface area contributed by atoms with Gasteiger partial charge in [-0.25, -0.2) is 0 Å². The Kier molecular flexibility index (Phi) is 3.73. The van der Waals surface area contributed by atoms with E-state index in [4.69, 9.17) is 5.73 Å². The van der Waals surface area contributed by atoms with Crippen LogP contribution in [0.25, 0.3) is 0 Å². The van der Waals surface area contributed by atoms with E-state index < -0.39 is 0 Å². The first-order chi connectivity index (χ1) is 9.02. The number of anilines is 1. The molecule has 0 bridgehead atoms. The summed E-state index contributed by atoms with van der Waals surface area (Å²) in [7, 11) is 1.73. The van der Waals surface area contributed by atoms with Crippen LogP contribution in [0.2, 0.25) is 0 Å². The number of aromatic amines is 1. The molecule has 0 saturated carbocycles. The first-order valence-electron chi connectivity index (χ1n) is 6.40. The number of amides is 2. The molecule has 0 spiro atoms. The number of piperidine rings is 1. The summed E-state index contributed by atoms with van der Waals surface area (Å²) in [5, 5.41) is 9.57. The third-order valence-corrected chi connectivity index (χ3v) is 3.41. The number of likely N-dealkylation sites (tertiary alicyclic amines) is 1. The molecule has 1 saturated heterocycles. The number of H-pyrrole nitrogens is 1. The van der Waals surface area contributed by atoms with Crippen LogP contribution in [0.3, 0.4) is 0 Å². The Labute approximate surface area is 111 Å². The minimum atomic E-state index is -0.291. The molecular formula is C12H19N5O2. The molecule has 1 aromatic rings. The SMILES string of the molecule is CCc1[nH]nc(C(=O)NC2CCC(=O)N(C)C2)c1N. The summed E-state index contributed by atoms with van der Waals surface area (Å²) in [6.07, 6.45) is 1.81. The summed E-state index contributed by atoms with van der Waals surface area (Å²) >= 11 is 0. The highest BCUT2D eigenvalue weighted by atomic mass is 16.2. The van der Waals surface area contributed by atoms with Crippen LogP contribution < -0.4 is 11.1 Å². The zero-order valence-corrected chi connectivity index (χ0v) is 11.2. The van der Waals surface area contributed by atoms with E-state index in [2.05, 4.69) is 15.5 Å². The van der Waals surface area contributed by atoms with Crippen LogP contribution in [0, 0.1) is 0 Å². The lowest BCUT2D eigenvalue weighted by Crippen LogP contribution is -2.48. The van der Waals surface area contributed by atoms with Crippen molar-refractivity contribution in [3.05, 3.63) is 11.4 Å². The van der Waals surface area contributed by atoms with Crippen LogP contribution in [-0.4, -0.2) is 46.5 Å². The van der Waals surface area contributed by atoms with Crippen molar-refractivity contribution < 1.29 is 9.59 Å². The average Bonchev–Trinajstić information content (AvgIpc) is 2.75. The largest absolute Gasteiger partial charge is 0.395 e. The minimum absolute atomic E-state index is 0.0450. The molecule has 2 rings (SSSR count). The van der Waals surface area contributed by atoms with Crippen LogP contribution in [0.15, 0.2) is 0 Å². The maximum absolute atomic E-state index is 12.1. The lowest BCUT2D eigenvalue weighted by Gasteiger charge is -2.29. The van der Waals surface area contributed by atoms with Gasteiger partial charge in [-0.2, -0.15) is 5.10 Å². The summed E-state index contributed by atoms with van der Waals surface area (Å²) in [5.41, 5.74) is 7.25. The predicted octanol–water partition coefficient (Wildman–Crippen LogP) is -0.0951. The second-order valence-corrected chi connectivity index (χ2v) is 4.80. The third kappa shape index (κ3) is 2.69. The number of carbonyl (C=O) groups is 2. The molecule has 1 aromatic heterocycles. The number of rotatable bonds is 3. The molecule has 1 aliphatic heterocycles. The molecule has 7 nitrogen and oxygen atoms in total. The number of aryl methyl sites for hydroxylation is 1. The second-order valence-electron chi connectivity index (χ2n) is 4.80. The van der Waals surface area contributed by atoms with Crippen molar-refractivity contribution in [2.75, 3.05) is 19.3 Å². The number of carbonyl (C=O) groups excluding carboxylic acids is 2. The molecule has 19 heavy (non-hydrogen) atoms. The molecule has 0 radical (unpaired) electrons. The first kappa shape index (κ1) is 13.4. The molecule has 2 amide bonds. The Morgan fingerprint density at radius 2 is 2.37 bits per heavy atom. The van der Waals surface area contributed by atoms with Gasteiger partial charge in [-0.3, -0.25) is 14.7 Å². The monoisotopic (exact) mass is 265 g/mol.